The maximum Gasteiger partial charge on any atom is 0.439 e. The fraction of sp³-hybridized carbons (Fsp3) is 0.174. The quantitative estimate of drug-likeness (QED) is 0.238. The number of nitrogens with one attached hydrogen (secondary N) is 3. The Balaban J connectivity index is 1.87. The third kappa shape index (κ3) is 4.11. The first-order chi connectivity index (χ1) is 16.2. The van der Waals surface area contributed by atoms with Gasteiger partial charge in [-0.15, -0.1) is 0 Å². The predicted molar refractivity (Wildman–Crippen MR) is 130 cm³/mol. The van der Waals surface area contributed by atoms with E-state index in [-0.39, 0.29) is 33.9 Å². The van der Waals surface area contributed by atoms with Crippen molar-refractivity contribution in [2.75, 3.05) is 5.32 Å². The molecule has 10 nitrogen and oxygen atoms in total. The maximum atomic E-state index is 13.1. The number of hydrogen-bond donors (Lipinski definition) is 4. The molecule has 174 valence electrons. The van der Waals surface area contributed by atoms with E-state index in [0.29, 0.717) is 33.4 Å². The van der Waals surface area contributed by atoms with Gasteiger partial charge < -0.3 is 20.9 Å². The number of anilines is 1. The molecule has 3 aromatic heterocycles. The molecule has 34 heavy (non-hydrogen) atoms. The molecule has 0 aliphatic rings. The van der Waals surface area contributed by atoms with Crippen LogP contribution in [0.25, 0.3) is 28.1 Å². The molecule has 0 spiro atoms. The van der Waals surface area contributed by atoms with E-state index in [1.54, 1.807) is 25.1 Å². The van der Waals surface area contributed by atoms with Crippen LogP contribution in [0.1, 0.15) is 35.4 Å². The third-order valence-corrected chi connectivity index (χ3v) is 5.56. The summed E-state index contributed by atoms with van der Waals surface area (Å²) >= 11 is 6.06. The number of H-pyrrole nitrogens is 1. The molecular weight excluding hydrogens is 460 g/mol. The normalized spacial score (nSPS) is 12.6. The van der Waals surface area contributed by atoms with Crippen LogP contribution in [0.4, 0.5) is 5.69 Å². The number of allylic oxidation sites excluding steroid dienone is 1. The van der Waals surface area contributed by atoms with E-state index in [9.17, 15) is 9.59 Å². The Labute approximate surface area is 198 Å². The van der Waals surface area contributed by atoms with Gasteiger partial charge >= 0.3 is 5.76 Å². The number of aromatic amines is 1. The van der Waals surface area contributed by atoms with Gasteiger partial charge in [0, 0.05) is 23.5 Å². The molecule has 0 saturated carbocycles. The van der Waals surface area contributed by atoms with E-state index in [2.05, 4.69) is 25.0 Å². The molecular formula is C23H21ClN6O4. The summed E-state index contributed by atoms with van der Waals surface area (Å²) in [6, 6.07) is 6.57. The molecule has 4 rings (SSSR count). The molecule has 4 aromatic rings. The summed E-state index contributed by atoms with van der Waals surface area (Å²) in [5.74, 6) is -0.370. The van der Waals surface area contributed by atoms with Gasteiger partial charge in [-0.05, 0) is 44.5 Å². The van der Waals surface area contributed by atoms with Crippen LogP contribution >= 0.6 is 11.6 Å². The zero-order chi connectivity index (χ0) is 24.6. The Morgan fingerprint density at radius 2 is 2.06 bits per heavy atom. The summed E-state index contributed by atoms with van der Waals surface area (Å²) in [7, 11) is 0. The molecule has 1 unspecified atom stereocenters. The number of benzene rings is 1. The highest BCUT2D eigenvalue weighted by atomic mass is 35.5. The van der Waals surface area contributed by atoms with Crippen molar-refractivity contribution in [1.29, 1.82) is 5.41 Å². The van der Waals surface area contributed by atoms with Crippen LogP contribution in [0.3, 0.4) is 0 Å². The van der Waals surface area contributed by atoms with E-state index in [1.165, 1.54) is 6.20 Å². The topological polar surface area (TPSA) is 164 Å². The zero-order valence-electron chi connectivity index (χ0n) is 18.5. The molecule has 5 N–H and O–H groups in total. The van der Waals surface area contributed by atoms with Gasteiger partial charge in [0.1, 0.15) is 22.2 Å². The van der Waals surface area contributed by atoms with Gasteiger partial charge in [0.2, 0.25) is 5.82 Å². The number of halogens is 1. The van der Waals surface area contributed by atoms with Crippen molar-refractivity contribution in [3.63, 3.8) is 0 Å². The van der Waals surface area contributed by atoms with E-state index >= 15 is 0 Å². The monoisotopic (exact) mass is 480 g/mol. The van der Waals surface area contributed by atoms with Crippen LogP contribution in [-0.2, 0) is 0 Å². The largest absolute Gasteiger partial charge is 0.455 e. The van der Waals surface area contributed by atoms with E-state index in [0.717, 1.165) is 11.8 Å². The van der Waals surface area contributed by atoms with Crippen LogP contribution in [-0.4, -0.2) is 21.3 Å². The number of nitrogens with zero attached hydrogens (tertiary/aromatic N) is 2. The summed E-state index contributed by atoms with van der Waals surface area (Å²) in [6.07, 6.45) is 2.26. The van der Waals surface area contributed by atoms with Crippen LogP contribution < -0.4 is 22.2 Å². The second kappa shape index (κ2) is 8.99. The van der Waals surface area contributed by atoms with Crippen molar-refractivity contribution in [1.82, 2.24) is 15.1 Å². The summed E-state index contributed by atoms with van der Waals surface area (Å²) in [5, 5.41) is 15.3. The number of nitrogens with two attached hydrogens (primary N) is 1. The summed E-state index contributed by atoms with van der Waals surface area (Å²) in [4.78, 5) is 31.3. The fourth-order valence-corrected chi connectivity index (χ4v) is 3.88. The first-order valence-electron chi connectivity index (χ1n) is 10.2. The third-order valence-electron chi connectivity index (χ3n) is 5.35. The Bertz CT molecular complexity index is 1570. The van der Waals surface area contributed by atoms with Gasteiger partial charge in [-0.1, -0.05) is 22.8 Å². The highest BCUT2D eigenvalue weighted by Crippen LogP contribution is 2.32. The standard InChI is InChI=1S/C23H21ClN6O4/c1-10-6-14(21-15(7-10)19(31)11(2)20(33-21)13(8-25)9-26)12(3)27-16-4-5-17(24)28-18(16)22-29-23(32)34-30-22/h4-9,12,25,27H,26H2,1-3H3,(H,29,30,32)/b13-9+,25-8?. The number of hydrogen-bond acceptors (Lipinski definition) is 9. The van der Waals surface area contributed by atoms with Gasteiger partial charge in [0.05, 0.1) is 22.7 Å². The fourth-order valence-electron chi connectivity index (χ4n) is 3.73. The Kier molecular flexibility index (Phi) is 6.08. The molecule has 0 bridgehead atoms. The molecule has 0 aliphatic carbocycles. The lowest BCUT2D eigenvalue weighted by Gasteiger charge is -2.20. The van der Waals surface area contributed by atoms with Crippen LogP contribution in [0.2, 0.25) is 5.15 Å². The van der Waals surface area contributed by atoms with Gasteiger partial charge in [0.25, 0.3) is 0 Å². The predicted octanol–water partition coefficient (Wildman–Crippen LogP) is 3.92. The minimum Gasteiger partial charge on any atom is -0.455 e. The second-order valence-electron chi connectivity index (χ2n) is 7.72. The maximum absolute atomic E-state index is 13.1. The molecule has 0 radical (unpaired) electrons. The lowest BCUT2D eigenvalue weighted by atomic mass is 9.99. The number of fused-ring (bicyclic) bond motifs is 1. The average molecular weight is 481 g/mol. The summed E-state index contributed by atoms with van der Waals surface area (Å²) in [6.45, 7) is 5.41. The molecule has 1 atom stereocenters. The lowest BCUT2D eigenvalue weighted by molar-refractivity contribution is 0.388. The first kappa shape index (κ1) is 23.0. The van der Waals surface area contributed by atoms with Crippen molar-refractivity contribution in [3.05, 3.63) is 78.8 Å². The molecule has 0 saturated heterocycles. The second-order valence-corrected chi connectivity index (χ2v) is 8.11. The van der Waals surface area contributed by atoms with Gasteiger partial charge in [-0.2, -0.15) is 0 Å². The summed E-state index contributed by atoms with van der Waals surface area (Å²) < 4.78 is 10.8. The van der Waals surface area contributed by atoms with Crippen LogP contribution in [0, 0.1) is 19.3 Å². The van der Waals surface area contributed by atoms with Crippen molar-refractivity contribution in [2.45, 2.75) is 26.8 Å². The van der Waals surface area contributed by atoms with Crippen molar-refractivity contribution >= 4 is 40.0 Å². The molecule has 0 fully saturated rings. The SMILES string of the molecule is Cc1cc(C(C)Nc2ccc(Cl)nc2-c2noc(=O)[nH]2)c2oc(/C(C=N)=C/N)c(C)c(=O)c2c1. The number of aryl methyl sites for hydroxylation is 1. The molecule has 0 aliphatic heterocycles. The Morgan fingerprint density at radius 1 is 1.29 bits per heavy atom. The minimum atomic E-state index is -0.722. The van der Waals surface area contributed by atoms with Crippen LogP contribution in [0.15, 0.2) is 49.0 Å². The highest BCUT2D eigenvalue weighted by molar-refractivity contribution is 6.29. The van der Waals surface area contributed by atoms with Crippen molar-refractivity contribution in [3.8, 4) is 11.5 Å². The molecule has 3 heterocycles. The number of rotatable bonds is 6. The van der Waals surface area contributed by atoms with E-state index in [1.807, 2.05) is 19.9 Å². The minimum absolute atomic E-state index is 0.115. The summed E-state index contributed by atoms with van der Waals surface area (Å²) in [5.41, 5.74) is 8.85. The molecule has 1 aromatic carbocycles. The van der Waals surface area contributed by atoms with Gasteiger partial charge in [0.15, 0.2) is 5.43 Å². The van der Waals surface area contributed by atoms with Crippen molar-refractivity contribution < 1.29 is 8.94 Å². The average Bonchev–Trinajstić information content (AvgIpc) is 3.25. The molecule has 0 amide bonds. The Hall–Kier alpha value is -4.18. The van der Waals surface area contributed by atoms with Crippen molar-refractivity contribution in [2.24, 2.45) is 5.73 Å². The highest BCUT2D eigenvalue weighted by Gasteiger charge is 2.21. The van der Waals surface area contributed by atoms with Crippen LogP contribution in [0.5, 0.6) is 0 Å². The first-order valence-corrected chi connectivity index (χ1v) is 10.6. The number of pyridine rings is 1. The lowest BCUT2D eigenvalue weighted by Crippen LogP contribution is -2.14. The zero-order valence-corrected chi connectivity index (χ0v) is 19.3. The molecule has 11 heteroatoms. The number of aromatic nitrogens is 3. The van der Waals surface area contributed by atoms with E-state index < -0.39 is 5.76 Å². The van der Waals surface area contributed by atoms with E-state index in [4.69, 9.17) is 27.2 Å². The smallest absolute Gasteiger partial charge is 0.439 e. The Morgan fingerprint density at radius 3 is 2.71 bits per heavy atom. The van der Waals surface area contributed by atoms with Gasteiger partial charge in [-0.25, -0.2) is 9.78 Å². The van der Waals surface area contributed by atoms with Gasteiger partial charge in [-0.3, -0.25) is 14.3 Å².